The lowest BCUT2D eigenvalue weighted by Crippen LogP contribution is -2.32. The minimum absolute atomic E-state index is 0.126. The van der Waals surface area contributed by atoms with Gasteiger partial charge in [-0.25, -0.2) is 0 Å². The van der Waals surface area contributed by atoms with E-state index in [0.717, 1.165) is 5.56 Å². The number of carbonyl (C=O) groups excluding carboxylic acids is 1. The molecule has 3 aromatic rings. The molecule has 0 fully saturated rings. The van der Waals surface area contributed by atoms with Crippen molar-refractivity contribution >= 4 is 16.9 Å². The van der Waals surface area contributed by atoms with E-state index in [0.29, 0.717) is 59.5 Å². The molecule has 166 valence electrons. The molecule has 0 aliphatic carbocycles. The molecule has 32 heavy (non-hydrogen) atoms. The number of nitrogens with one attached hydrogen (secondary N) is 1. The van der Waals surface area contributed by atoms with Gasteiger partial charge in [-0.1, -0.05) is 19.1 Å². The number of rotatable bonds is 9. The summed E-state index contributed by atoms with van der Waals surface area (Å²) in [4.78, 5) is 25.9. The monoisotopic (exact) mass is 433 g/mol. The second-order valence-corrected chi connectivity index (χ2v) is 7.72. The fraction of sp³-hybridized carbons (Fsp3) is 0.320. The lowest BCUT2D eigenvalue weighted by atomic mass is 9.96. The number of hydrogen-bond donors (Lipinski definition) is 2. The molecule has 7 nitrogen and oxygen atoms in total. The van der Waals surface area contributed by atoms with Crippen LogP contribution in [0.15, 0.2) is 51.7 Å². The largest absolute Gasteiger partial charge is 0.497 e. The number of ether oxygens (including phenoxy) is 1. The van der Waals surface area contributed by atoms with E-state index in [2.05, 4.69) is 11.4 Å². The van der Waals surface area contributed by atoms with Gasteiger partial charge in [-0.15, -0.1) is 0 Å². The van der Waals surface area contributed by atoms with E-state index in [9.17, 15) is 14.9 Å². The van der Waals surface area contributed by atoms with Crippen LogP contribution in [-0.4, -0.2) is 26.1 Å². The summed E-state index contributed by atoms with van der Waals surface area (Å²) in [7, 11) is 1.59. The Balaban J connectivity index is 2.02. The van der Waals surface area contributed by atoms with Gasteiger partial charge >= 0.3 is 0 Å². The third-order valence-electron chi connectivity index (χ3n) is 5.33. The van der Waals surface area contributed by atoms with Gasteiger partial charge in [0.25, 0.3) is 0 Å². The van der Waals surface area contributed by atoms with Crippen molar-refractivity contribution in [2.24, 2.45) is 11.7 Å². The molecule has 0 radical (unpaired) electrons. The molecule has 0 saturated heterocycles. The number of methoxy groups -OCH3 is 1. The highest BCUT2D eigenvalue weighted by Gasteiger charge is 2.21. The molecule has 0 aliphatic heterocycles. The quantitative estimate of drug-likeness (QED) is 0.501. The molecule has 1 aromatic heterocycles. The van der Waals surface area contributed by atoms with Crippen LogP contribution >= 0.6 is 0 Å². The zero-order chi connectivity index (χ0) is 23.1. The maximum absolute atomic E-state index is 13.4. The van der Waals surface area contributed by atoms with E-state index in [1.807, 2.05) is 24.3 Å². The third kappa shape index (κ3) is 5.34. The van der Waals surface area contributed by atoms with Crippen molar-refractivity contribution in [3.8, 4) is 11.8 Å². The predicted molar refractivity (Wildman–Crippen MR) is 123 cm³/mol. The van der Waals surface area contributed by atoms with Crippen LogP contribution in [0, 0.1) is 17.2 Å². The van der Waals surface area contributed by atoms with Crippen molar-refractivity contribution in [3.63, 3.8) is 0 Å². The van der Waals surface area contributed by atoms with Crippen LogP contribution < -0.4 is 21.2 Å². The van der Waals surface area contributed by atoms with Gasteiger partial charge in [-0.2, -0.15) is 5.26 Å². The predicted octanol–water partition coefficient (Wildman–Crippen LogP) is 2.91. The standard InChI is InChI=1S/C25H27N3O4/c1-16(25(30)28-10-4-9-26)11-22-21(13-17-5-3-6-19(12-17)31-2)24(29)20-8-7-18(15-27)14-23(20)32-22/h3,5-8,12,14,16H,4,9-11,13,26H2,1-2H3,(H,28,30). The molecular weight excluding hydrogens is 406 g/mol. The average molecular weight is 434 g/mol. The Hall–Kier alpha value is -3.63. The van der Waals surface area contributed by atoms with Gasteiger partial charge in [-0.05, 0) is 48.9 Å². The van der Waals surface area contributed by atoms with Crippen molar-refractivity contribution in [2.45, 2.75) is 26.2 Å². The van der Waals surface area contributed by atoms with Gasteiger partial charge in [0.1, 0.15) is 17.1 Å². The third-order valence-corrected chi connectivity index (χ3v) is 5.33. The number of fused-ring (bicyclic) bond motifs is 1. The molecule has 3 rings (SSSR count). The molecule has 3 N–H and O–H groups in total. The summed E-state index contributed by atoms with van der Waals surface area (Å²) in [5.41, 5.74) is 7.46. The summed E-state index contributed by atoms with van der Waals surface area (Å²) >= 11 is 0. The minimum atomic E-state index is -0.406. The number of carbonyl (C=O) groups is 1. The maximum Gasteiger partial charge on any atom is 0.223 e. The van der Waals surface area contributed by atoms with Crippen LogP contribution in [-0.2, 0) is 17.6 Å². The van der Waals surface area contributed by atoms with Crippen LogP contribution in [0.2, 0.25) is 0 Å². The van der Waals surface area contributed by atoms with Gasteiger partial charge in [0.05, 0.1) is 24.1 Å². The highest BCUT2D eigenvalue weighted by Crippen LogP contribution is 2.23. The Kier molecular flexibility index (Phi) is 7.63. The minimum Gasteiger partial charge on any atom is -0.497 e. The zero-order valence-electron chi connectivity index (χ0n) is 18.3. The Morgan fingerprint density at radius 2 is 2.09 bits per heavy atom. The lowest BCUT2D eigenvalue weighted by Gasteiger charge is -2.15. The first-order chi connectivity index (χ1) is 15.5. The normalized spacial score (nSPS) is 11.7. The first kappa shape index (κ1) is 23.0. The molecule has 7 heteroatoms. The van der Waals surface area contributed by atoms with E-state index in [1.165, 1.54) is 0 Å². The molecule has 0 bridgehead atoms. The van der Waals surface area contributed by atoms with E-state index in [-0.39, 0.29) is 17.8 Å². The summed E-state index contributed by atoms with van der Waals surface area (Å²) < 4.78 is 11.4. The van der Waals surface area contributed by atoms with Gasteiger partial charge in [0.2, 0.25) is 5.91 Å². The molecule has 0 saturated carbocycles. The topological polar surface area (TPSA) is 118 Å². The summed E-state index contributed by atoms with van der Waals surface area (Å²) in [5.74, 6) is 0.610. The smallest absolute Gasteiger partial charge is 0.223 e. The average Bonchev–Trinajstić information content (AvgIpc) is 2.81. The van der Waals surface area contributed by atoms with Gasteiger partial charge in [0, 0.05) is 30.9 Å². The maximum atomic E-state index is 13.4. The van der Waals surface area contributed by atoms with Gasteiger partial charge < -0.3 is 20.2 Å². The summed E-state index contributed by atoms with van der Waals surface area (Å²) in [6.07, 6.45) is 1.30. The molecule has 1 unspecified atom stereocenters. The number of nitriles is 1. The summed E-state index contributed by atoms with van der Waals surface area (Å²) in [5, 5.41) is 12.5. The van der Waals surface area contributed by atoms with Crippen molar-refractivity contribution in [1.29, 1.82) is 5.26 Å². The Morgan fingerprint density at radius 3 is 2.81 bits per heavy atom. The Bertz CT molecular complexity index is 1210. The van der Waals surface area contributed by atoms with Crippen LogP contribution in [0.3, 0.4) is 0 Å². The molecule has 1 atom stereocenters. The Labute approximate surface area is 186 Å². The SMILES string of the molecule is COc1cccc(Cc2c(CC(C)C(=O)NCCCN)oc3cc(C#N)ccc3c2=O)c1. The molecule has 1 amide bonds. The summed E-state index contributed by atoms with van der Waals surface area (Å²) in [6, 6.07) is 14.3. The molecule has 0 aliphatic rings. The van der Waals surface area contributed by atoms with Crippen LogP contribution in [0.1, 0.15) is 35.8 Å². The first-order valence-electron chi connectivity index (χ1n) is 10.6. The number of hydrogen-bond acceptors (Lipinski definition) is 6. The second-order valence-electron chi connectivity index (χ2n) is 7.72. The van der Waals surface area contributed by atoms with E-state index in [4.69, 9.17) is 14.9 Å². The lowest BCUT2D eigenvalue weighted by molar-refractivity contribution is -0.124. The van der Waals surface area contributed by atoms with Crippen LogP contribution in [0.4, 0.5) is 0 Å². The molecule has 1 heterocycles. The second kappa shape index (κ2) is 10.6. The highest BCUT2D eigenvalue weighted by molar-refractivity contribution is 5.80. The van der Waals surface area contributed by atoms with Crippen molar-refractivity contribution < 1.29 is 13.9 Å². The number of nitrogens with two attached hydrogens (primary N) is 1. The van der Waals surface area contributed by atoms with E-state index >= 15 is 0 Å². The van der Waals surface area contributed by atoms with Crippen molar-refractivity contribution in [3.05, 3.63) is 75.1 Å². The number of nitrogens with zero attached hydrogens (tertiary/aromatic N) is 1. The van der Waals surface area contributed by atoms with E-state index < -0.39 is 5.92 Å². The molecule has 0 spiro atoms. The Morgan fingerprint density at radius 1 is 1.28 bits per heavy atom. The molecular formula is C25H27N3O4. The summed E-state index contributed by atoms with van der Waals surface area (Å²) in [6.45, 7) is 2.80. The number of amides is 1. The fourth-order valence-corrected chi connectivity index (χ4v) is 3.54. The van der Waals surface area contributed by atoms with Crippen LogP contribution in [0.5, 0.6) is 5.75 Å². The number of benzene rings is 2. The van der Waals surface area contributed by atoms with Crippen LogP contribution in [0.25, 0.3) is 11.0 Å². The first-order valence-corrected chi connectivity index (χ1v) is 10.6. The van der Waals surface area contributed by atoms with Crippen molar-refractivity contribution in [1.82, 2.24) is 5.32 Å². The van der Waals surface area contributed by atoms with Gasteiger partial charge in [0.15, 0.2) is 5.43 Å². The zero-order valence-corrected chi connectivity index (χ0v) is 18.3. The highest BCUT2D eigenvalue weighted by atomic mass is 16.5. The van der Waals surface area contributed by atoms with Gasteiger partial charge in [-0.3, -0.25) is 9.59 Å². The van der Waals surface area contributed by atoms with Crippen molar-refractivity contribution in [2.75, 3.05) is 20.2 Å². The molecule has 2 aromatic carbocycles. The van der Waals surface area contributed by atoms with E-state index in [1.54, 1.807) is 32.2 Å². The fourth-order valence-electron chi connectivity index (χ4n) is 3.54.